The number of carbonyl (C=O) groups is 2. The predicted molar refractivity (Wildman–Crippen MR) is 129 cm³/mol. The largest absolute Gasteiger partial charge is 0.493 e. The fourth-order valence-corrected chi connectivity index (χ4v) is 4.26. The number of rotatable bonds is 9. The van der Waals surface area contributed by atoms with Gasteiger partial charge in [0.2, 0.25) is 5.75 Å². The zero-order valence-corrected chi connectivity index (χ0v) is 20.4. The standard InChI is InChI=1S/C25H25NO8S/c1-29-21-11-16(12-22(30-2)24(21)31-3)25(28)34-15-23(27)26(14-18-5-4-10-35-18)17-6-7-19-20(13-17)33-9-8-32-19/h4-7,10-13H,8-9,14-15H2,1-3H3. The molecule has 1 aromatic heterocycles. The van der Waals surface area contributed by atoms with Crippen LogP contribution in [0.5, 0.6) is 28.7 Å². The van der Waals surface area contributed by atoms with Gasteiger partial charge in [-0.15, -0.1) is 11.3 Å². The van der Waals surface area contributed by atoms with Crippen molar-refractivity contribution in [1.82, 2.24) is 0 Å². The fourth-order valence-electron chi connectivity index (χ4n) is 3.57. The van der Waals surface area contributed by atoms with Gasteiger partial charge in [-0.2, -0.15) is 0 Å². The Morgan fingerprint density at radius 2 is 1.66 bits per heavy atom. The Balaban J connectivity index is 1.53. The lowest BCUT2D eigenvalue weighted by atomic mass is 10.2. The van der Waals surface area contributed by atoms with Crippen molar-refractivity contribution in [2.75, 3.05) is 46.0 Å². The molecule has 2 aromatic carbocycles. The first kappa shape index (κ1) is 24.2. The fraction of sp³-hybridized carbons (Fsp3) is 0.280. The smallest absolute Gasteiger partial charge is 0.338 e. The number of thiophene rings is 1. The third kappa shape index (κ3) is 5.43. The van der Waals surface area contributed by atoms with E-state index in [1.807, 2.05) is 17.5 Å². The van der Waals surface area contributed by atoms with Crippen LogP contribution in [0.1, 0.15) is 15.2 Å². The van der Waals surface area contributed by atoms with Crippen molar-refractivity contribution < 1.29 is 38.0 Å². The average Bonchev–Trinajstić information content (AvgIpc) is 3.42. The number of hydrogen-bond donors (Lipinski definition) is 0. The highest BCUT2D eigenvalue weighted by Crippen LogP contribution is 2.38. The van der Waals surface area contributed by atoms with E-state index in [0.717, 1.165) is 4.88 Å². The molecule has 0 radical (unpaired) electrons. The van der Waals surface area contributed by atoms with E-state index in [1.165, 1.54) is 44.8 Å². The van der Waals surface area contributed by atoms with Crippen LogP contribution in [0.4, 0.5) is 5.69 Å². The van der Waals surface area contributed by atoms with Crippen LogP contribution in [-0.2, 0) is 16.1 Å². The maximum atomic E-state index is 13.2. The highest BCUT2D eigenvalue weighted by Gasteiger charge is 2.23. The van der Waals surface area contributed by atoms with Crippen LogP contribution in [0.2, 0.25) is 0 Å². The van der Waals surface area contributed by atoms with Crippen molar-refractivity contribution in [3.63, 3.8) is 0 Å². The second-order valence-corrected chi connectivity index (χ2v) is 8.41. The van der Waals surface area contributed by atoms with Crippen LogP contribution in [0.25, 0.3) is 0 Å². The molecule has 0 saturated heterocycles. The second kappa shape index (κ2) is 11.0. The van der Waals surface area contributed by atoms with E-state index in [2.05, 4.69) is 0 Å². The Morgan fingerprint density at radius 1 is 0.943 bits per heavy atom. The molecule has 0 atom stereocenters. The summed E-state index contributed by atoms with van der Waals surface area (Å²) >= 11 is 1.53. The molecule has 184 valence electrons. The number of nitrogens with zero attached hydrogens (tertiary/aromatic N) is 1. The third-order valence-electron chi connectivity index (χ3n) is 5.26. The van der Waals surface area contributed by atoms with Crippen molar-refractivity contribution in [3.8, 4) is 28.7 Å². The van der Waals surface area contributed by atoms with Gasteiger partial charge in [-0.05, 0) is 35.7 Å². The van der Waals surface area contributed by atoms with Gasteiger partial charge in [-0.1, -0.05) is 6.07 Å². The molecule has 0 unspecified atom stereocenters. The topological polar surface area (TPSA) is 92.8 Å². The van der Waals surface area contributed by atoms with Crippen LogP contribution >= 0.6 is 11.3 Å². The van der Waals surface area contributed by atoms with Gasteiger partial charge < -0.3 is 33.3 Å². The highest BCUT2D eigenvalue weighted by molar-refractivity contribution is 7.09. The molecule has 0 N–H and O–H groups in total. The number of hydrogen-bond acceptors (Lipinski definition) is 9. The van der Waals surface area contributed by atoms with E-state index in [1.54, 1.807) is 23.1 Å². The molecule has 1 aliphatic rings. The lowest BCUT2D eigenvalue weighted by molar-refractivity contribution is -0.121. The molecule has 9 nitrogen and oxygen atoms in total. The summed E-state index contributed by atoms with van der Waals surface area (Å²) in [7, 11) is 4.37. The van der Waals surface area contributed by atoms with Crippen LogP contribution in [0.15, 0.2) is 47.8 Å². The summed E-state index contributed by atoms with van der Waals surface area (Å²) in [5, 5.41) is 1.94. The number of ether oxygens (including phenoxy) is 6. The minimum absolute atomic E-state index is 0.163. The van der Waals surface area contributed by atoms with Gasteiger partial charge in [0.05, 0.1) is 33.4 Å². The van der Waals surface area contributed by atoms with E-state index in [-0.39, 0.29) is 5.56 Å². The molecule has 1 amide bonds. The van der Waals surface area contributed by atoms with Gasteiger partial charge >= 0.3 is 5.97 Å². The molecule has 4 rings (SSSR count). The van der Waals surface area contributed by atoms with Crippen molar-refractivity contribution in [2.45, 2.75) is 6.54 Å². The monoisotopic (exact) mass is 499 g/mol. The molecule has 0 aliphatic carbocycles. The Hall–Kier alpha value is -3.92. The van der Waals surface area contributed by atoms with Crippen molar-refractivity contribution >= 4 is 28.9 Å². The predicted octanol–water partition coefficient (Wildman–Crippen LogP) is 3.94. The molecule has 0 spiro atoms. The number of methoxy groups -OCH3 is 3. The van der Waals surface area contributed by atoms with Crippen molar-refractivity contribution in [1.29, 1.82) is 0 Å². The maximum Gasteiger partial charge on any atom is 0.338 e. The minimum atomic E-state index is -0.698. The zero-order chi connectivity index (χ0) is 24.8. The van der Waals surface area contributed by atoms with Crippen LogP contribution in [0, 0.1) is 0 Å². The number of carbonyl (C=O) groups excluding carboxylic acids is 2. The molecule has 35 heavy (non-hydrogen) atoms. The van der Waals surface area contributed by atoms with E-state index in [9.17, 15) is 9.59 Å². The molecule has 10 heteroatoms. The Labute approximate surface area is 206 Å². The molecule has 0 bridgehead atoms. The summed E-state index contributed by atoms with van der Waals surface area (Å²) < 4.78 is 32.5. The van der Waals surface area contributed by atoms with Gasteiger partial charge in [-0.3, -0.25) is 4.79 Å². The molecular weight excluding hydrogens is 474 g/mol. The van der Waals surface area contributed by atoms with Gasteiger partial charge in [0.1, 0.15) is 13.2 Å². The Bertz CT molecular complexity index is 1170. The van der Waals surface area contributed by atoms with Crippen molar-refractivity contribution in [2.24, 2.45) is 0 Å². The summed E-state index contributed by atoms with van der Waals surface area (Å²) in [6.45, 7) is 0.760. The normalized spacial score (nSPS) is 12.0. The lowest BCUT2D eigenvalue weighted by Gasteiger charge is -2.25. The lowest BCUT2D eigenvalue weighted by Crippen LogP contribution is -2.34. The molecule has 2 heterocycles. The summed E-state index contributed by atoms with van der Waals surface area (Å²) in [4.78, 5) is 28.5. The molecule has 0 saturated carbocycles. The molecule has 3 aromatic rings. The number of fused-ring (bicyclic) bond motifs is 1. The minimum Gasteiger partial charge on any atom is -0.493 e. The first-order chi connectivity index (χ1) is 17.0. The summed E-state index contributed by atoms with van der Waals surface area (Å²) in [6, 6.07) is 12.1. The van der Waals surface area contributed by atoms with Crippen LogP contribution in [0.3, 0.4) is 0 Å². The second-order valence-electron chi connectivity index (χ2n) is 7.38. The highest BCUT2D eigenvalue weighted by atomic mass is 32.1. The van der Waals surface area contributed by atoms with E-state index >= 15 is 0 Å². The number of anilines is 1. The summed E-state index contributed by atoms with van der Waals surface area (Å²) in [5.74, 6) is 1.06. The van der Waals surface area contributed by atoms with Gasteiger partial charge in [0.25, 0.3) is 5.91 Å². The number of benzene rings is 2. The van der Waals surface area contributed by atoms with Gasteiger partial charge in [-0.25, -0.2) is 4.79 Å². The SMILES string of the molecule is COc1cc(C(=O)OCC(=O)N(Cc2cccs2)c2ccc3c(c2)OCCO3)cc(OC)c1OC. The first-order valence-electron chi connectivity index (χ1n) is 10.7. The van der Waals surface area contributed by atoms with Gasteiger partial charge in [0.15, 0.2) is 29.6 Å². The third-order valence-corrected chi connectivity index (χ3v) is 6.12. The average molecular weight is 500 g/mol. The first-order valence-corrected chi connectivity index (χ1v) is 11.6. The van der Waals surface area contributed by atoms with Crippen LogP contribution < -0.4 is 28.6 Å². The number of amides is 1. The summed E-state index contributed by atoms with van der Waals surface area (Å²) in [6.07, 6.45) is 0. The molecule has 0 fully saturated rings. The molecule has 1 aliphatic heterocycles. The maximum absolute atomic E-state index is 13.2. The number of esters is 1. The Kier molecular flexibility index (Phi) is 7.61. The molecular formula is C25H25NO8S. The van der Waals surface area contributed by atoms with Gasteiger partial charge in [0, 0.05) is 16.6 Å². The quantitative estimate of drug-likeness (QED) is 0.409. The Morgan fingerprint density at radius 3 is 2.29 bits per heavy atom. The van der Waals surface area contributed by atoms with E-state index in [4.69, 9.17) is 28.4 Å². The van der Waals surface area contributed by atoms with E-state index < -0.39 is 18.5 Å². The summed E-state index contributed by atoms with van der Waals surface area (Å²) in [5.41, 5.74) is 0.771. The zero-order valence-electron chi connectivity index (χ0n) is 19.6. The van der Waals surface area contributed by atoms with Crippen molar-refractivity contribution in [3.05, 3.63) is 58.3 Å². The van der Waals surface area contributed by atoms with Crippen LogP contribution in [-0.4, -0.2) is 53.0 Å². The van der Waals surface area contributed by atoms with E-state index in [0.29, 0.717) is 54.2 Å².